The number of hydrogen-bond donors (Lipinski definition) is 1. The third-order valence-corrected chi connectivity index (χ3v) is 5.53. The lowest BCUT2D eigenvalue weighted by Gasteiger charge is -2.37. The van der Waals surface area contributed by atoms with Crippen molar-refractivity contribution in [1.82, 2.24) is 15.1 Å². The molecule has 3 amide bonds. The topological polar surface area (TPSA) is 55.9 Å². The molecule has 1 atom stereocenters. The van der Waals surface area contributed by atoms with Crippen molar-refractivity contribution < 1.29 is 14.0 Å². The summed E-state index contributed by atoms with van der Waals surface area (Å²) in [7, 11) is 0. The lowest BCUT2D eigenvalue weighted by molar-refractivity contribution is -0.132. The predicted octanol–water partition coefficient (Wildman–Crippen LogP) is 2.37. The Hall–Kier alpha value is -2.93. The number of rotatable bonds is 4. The molecule has 0 aromatic heterocycles. The lowest BCUT2D eigenvalue weighted by atomic mass is 9.92. The van der Waals surface area contributed by atoms with E-state index in [0.717, 1.165) is 37.4 Å². The number of imide groups is 1. The van der Waals surface area contributed by atoms with Crippen molar-refractivity contribution in [3.05, 3.63) is 66.0 Å². The number of benzene rings is 2. The van der Waals surface area contributed by atoms with Crippen LogP contribution in [0.1, 0.15) is 12.5 Å². The van der Waals surface area contributed by atoms with Crippen molar-refractivity contribution in [3.8, 4) is 0 Å². The summed E-state index contributed by atoms with van der Waals surface area (Å²) in [6.07, 6.45) is 0. The summed E-state index contributed by atoms with van der Waals surface area (Å²) < 4.78 is 13.1. The Morgan fingerprint density at radius 1 is 0.964 bits per heavy atom. The number of carbonyl (C=O) groups excluding carboxylic acids is 2. The molecule has 2 aromatic rings. The largest absolute Gasteiger partial charge is 0.369 e. The first-order valence-corrected chi connectivity index (χ1v) is 9.40. The molecule has 2 aliphatic heterocycles. The van der Waals surface area contributed by atoms with Gasteiger partial charge in [0, 0.05) is 31.9 Å². The maximum atomic E-state index is 13.1. The molecule has 6 nitrogen and oxygen atoms in total. The van der Waals surface area contributed by atoms with Gasteiger partial charge in [-0.3, -0.25) is 9.69 Å². The molecule has 2 saturated heterocycles. The average Bonchev–Trinajstić information content (AvgIpc) is 2.94. The molecule has 0 unspecified atom stereocenters. The first kappa shape index (κ1) is 18.4. The number of urea groups is 1. The molecule has 2 fully saturated rings. The van der Waals surface area contributed by atoms with Crippen molar-refractivity contribution in [2.75, 3.05) is 37.7 Å². The van der Waals surface area contributed by atoms with Crippen LogP contribution >= 0.6 is 0 Å². The van der Waals surface area contributed by atoms with E-state index in [1.807, 2.05) is 30.3 Å². The summed E-state index contributed by atoms with van der Waals surface area (Å²) in [6.45, 7) is 4.96. The molecule has 0 spiro atoms. The van der Waals surface area contributed by atoms with Gasteiger partial charge in [0.2, 0.25) is 0 Å². The molecule has 0 radical (unpaired) electrons. The van der Waals surface area contributed by atoms with Gasteiger partial charge in [0.1, 0.15) is 11.4 Å². The SMILES string of the molecule is C[C@@]1(c2ccccc2)NC(=O)N(CN2CCN(c3ccc(F)cc3)CC2)C1=O. The normalized spacial score (nSPS) is 23.2. The first-order valence-electron chi connectivity index (χ1n) is 9.40. The van der Waals surface area contributed by atoms with Crippen LogP contribution < -0.4 is 10.2 Å². The molecular weight excluding hydrogens is 359 g/mol. The number of carbonyl (C=O) groups is 2. The maximum absolute atomic E-state index is 13.1. The zero-order valence-corrected chi connectivity index (χ0v) is 15.8. The van der Waals surface area contributed by atoms with Crippen LogP contribution in [-0.4, -0.2) is 54.6 Å². The van der Waals surface area contributed by atoms with Crippen molar-refractivity contribution in [2.24, 2.45) is 0 Å². The number of nitrogens with zero attached hydrogens (tertiary/aromatic N) is 3. The number of halogens is 1. The van der Waals surface area contributed by atoms with Gasteiger partial charge in [-0.1, -0.05) is 30.3 Å². The van der Waals surface area contributed by atoms with Crippen LogP contribution in [0, 0.1) is 5.82 Å². The second-order valence-corrected chi connectivity index (χ2v) is 7.38. The van der Waals surface area contributed by atoms with E-state index in [1.54, 1.807) is 19.1 Å². The summed E-state index contributed by atoms with van der Waals surface area (Å²) in [5.41, 5.74) is 0.721. The van der Waals surface area contributed by atoms with E-state index >= 15 is 0 Å². The number of nitrogens with one attached hydrogen (secondary N) is 1. The monoisotopic (exact) mass is 382 g/mol. The molecule has 2 aromatic carbocycles. The Balaban J connectivity index is 1.39. The summed E-state index contributed by atoms with van der Waals surface area (Å²) in [6, 6.07) is 15.4. The summed E-state index contributed by atoms with van der Waals surface area (Å²) in [4.78, 5) is 31.0. The third kappa shape index (κ3) is 3.33. The Labute approximate surface area is 163 Å². The van der Waals surface area contributed by atoms with Gasteiger partial charge in [0.05, 0.1) is 6.67 Å². The molecule has 28 heavy (non-hydrogen) atoms. The van der Waals surface area contributed by atoms with Gasteiger partial charge >= 0.3 is 6.03 Å². The van der Waals surface area contributed by atoms with E-state index in [2.05, 4.69) is 15.1 Å². The minimum Gasteiger partial charge on any atom is -0.369 e. The number of piperazine rings is 1. The van der Waals surface area contributed by atoms with Gasteiger partial charge in [0.15, 0.2) is 0 Å². The fourth-order valence-corrected chi connectivity index (χ4v) is 3.79. The van der Waals surface area contributed by atoms with E-state index < -0.39 is 5.54 Å². The number of anilines is 1. The van der Waals surface area contributed by atoms with Crippen molar-refractivity contribution >= 4 is 17.6 Å². The Morgan fingerprint density at radius 3 is 2.25 bits per heavy atom. The molecule has 0 saturated carbocycles. The molecule has 146 valence electrons. The average molecular weight is 382 g/mol. The molecule has 7 heteroatoms. The van der Waals surface area contributed by atoms with Crippen LogP contribution in [0.3, 0.4) is 0 Å². The maximum Gasteiger partial charge on any atom is 0.326 e. The van der Waals surface area contributed by atoms with Crippen molar-refractivity contribution in [3.63, 3.8) is 0 Å². The van der Waals surface area contributed by atoms with Gasteiger partial charge in [0.25, 0.3) is 5.91 Å². The standard InChI is InChI=1S/C21H23FN4O2/c1-21(16-5-3-2-4-6-16)19(27)26(20(28)23-21)15-24-11-13-25(14-12-24)18-9-7-17(22)8-10-18/h2-10H,11-15H2,1H3,(H,23,28)/t21-/m0/s1. The van der Waals surface area contributed by atoms with E-state index in [-0.39, 0.29) is 24.4 Å². The fourth-order valence-electron chi connectivity index (χ4n) is 3.79. The molecule has 2 heterocycles. The molecular formula is C21H23FN4O2. The quantitative estimate of drug-likeness (QED) is 0.825. The molecule has 4 rings (SSSR count). The van der Waals surface area contributed by atoms with Crippen molar-refractivity contribution in [1.29, 1.82) is 0 Å². The van der Waals surface area contributed by atoms with Crippen LogP contribution in [0.2, 0.25) is 0 Å². The third-order valence-electron chi connectivity index (χ3n) is 5.53. The van der Waals surface area contributed by atoms with Gasteiger partial charge in [-0.05, 0) is 36.8 Å². The van der Waals surface area contributed by atoms with Crippen LogP contribution in [0.5, 0.6) is 0 Å². The summed E-state index contributed by atoms with van der Waals surface area (Å²) >= 11 is 0. The smallest absolute Gasteiger partial charge is 0.326 e. The minimum absolute atomic E-state index is 0.232. The highest BCUT2D eigenvalue weighted by atomic mass is 19.1. The minimum atomic E-state index is -1.03. The fraction of sp³-hybridized carbons (Fsp3) is 0.333. The lowest BCUT2D eigenvalue weighted by Crippen LogP contribution is -2.51. The highest BCUT2D eigenvalue weighted by molar-refractivity contribution is 6.07. The zero-order chi connectivity index (χ0) is 19.7. The summed E-state index contributed by atoms with van der Waals surface area (Å²) in [5, 5.41) is 2.84. The van der Waals surface area contributed by atoms with Crippen LogP contribution in [-0.2, 0) is 10.3 Å². The Kier molecular flexibility index (Phi) is 4.77. The second kappa shape index (κ2) is 7.24. The highest BCUT2D eigenvalue weighted by Crippen LogP contribution is 2.29. The van der Waals surface area contributed by atoms with Crippen LogP contribution in [0.25, 0.3) is 0 Å². The first-order chi connectivity index (χ1) is 13.5. The predicted molar refractivity (Wildman–Crippen MR) is 104 cm³/mol. The van der Waals surface area contributed by atoms with E-state index in [4.69, 9.17) is 0 Å². The molecule has 0 bridgehead atoms. The van der Waals surface area contributed by atoms with Gasteiger partial charge in [-0.15, -0.1) is 0 Å². The molecule has 0 aliphatic carbocycles. The Bertz CT molecular complexity index is 866. The van der Waals surface area contributed by atoms with E-state index in [0.29, 0.717) is 0 Å². The summed E-state index contributed by atoms with van der Waals surface area (Å²) in [5.74, 6) is -0.480. The van der Waals surface area contributed by atoms with Gasteiger partial charge < -0.3 is 10.2 Å². The number of hydrogen-bond acceptors (Lipinski definition) is 4. The van der Waals surface area contributed by atoms with E-state index in [1.165, 1.54) is 17.0 Å². The van der Waals surface area contributed by atoms with Crippen molar-refractivity contribution in [2.45, 2.75) is 12.5 Å². The van der Waals surface area contributed by atoms with Gasteiger partial charge in [-0.25, -0.2) is 14.1 Å². The molecule has 1 N–H and O–H groups in total. The van der Waals surface area contributed by atoms with Crippen LogP contribution in [0.4, 0.5) is 14.9 Å². The van der Waals surface area contributed by atoms with E-state index in [9.17, 15) is 14.0 Å². The van der Waals surface area contributed by atoms with Gasteiger partial charge in [-0.2, -0.15) is 0 Å². The van der Waals surface area contributed by atoms with Crippen LogP contribution in [0.15, 0.2) is 54.6 Å². The highest BCUT2D eigenvalue weighted by Gasteiger charge is 2.49. The Morgan fingerprint density at radius 2 is 1.61 bits per heavy atom. The number of amides is 3. The zero-order valence-electron chi connectivity index (χ0n) is 15.8. The molecule has 2 aliphatic rings. The second-order valence-electron chi connectivity index (χ2n) is 7.38.